The molecule has 2 atom stereocenters. The molecule has 8 nitrogen and oxygen atoms in total. The number of benzene rings is 2. The molecule has 0 radical (unpaired) electrons. The van der Waals surface area contributed by atoms with Crippen LogP contribution >= 0.6 is 0 Å². The minimum Gasteiger partial charge on any atom is -0.445 e. The monoisotopic (exact) mass is 436 g/mol. The Kier molecular flexibility index (Phi) is 9.23. The van der Waals surface area contributed by atoms with Crippen molar-refractivity contribution in [1.82, 2.24) is 10.6 Å². The number of nitrogens with zero attached hydrogens (tertiary/aromatic N) is 1. The Labute approximate surface area is 187 Å². The summed E-state index contributed by atoms with van der Waals surface area (Å²) in [5, 5.41) is 14.4. The van der Waals surface area contributed by atoms with Crippen LogP contribution in [0.25, 0.3) is 0 Å². The van der Waals surface area contributed by atoms with Gasteiger partial charge in [-0.15, -0.1) is 0 Å². The van der Waals surface area contributed by atoms with Gasteiger partial charge in [0.1, 0.15) is 18.7 Å². The maximum absolute atomic E-state index is 12.9. The van der Waals surface area contributed by atoms with E-state index in [1.807, 2.05) is 44.2 Å². The normalized spacial score (nSPS) is 12.3. The van der Waals surface area contributed by atoms with E-state index in [1.165, 1.54) is 0 Å². The van der Waals surface area contributed by atoms with E-state index in [4.69, 9.17) is 10.5 Å². The molecule has 2 rings (SSSR count). The number of nitrogens with two attached hydrogens (primary N) is 1. The molecule has 2 aromatic carbocycles. The van der Waals surface area contributed by atoms with Gasteiger partial charge in [-0.25, -0.2) is 4.79 Å². The van der Waals surface area contributed by atoms with Gasteiger partial charge in [-0.05, 0) is 29.5 Å². The zero-order chi connectivity index (χ0) is 23.5. The molecule has 0 saturated carbocycles. The topological polar surface area (TPSA) is 134 Å². The summed E-state index contributed by atoms with van der Waals surface area (Å²) in [6, 6.07) is 16.1. The summed E-state index contributed by atoms with van der Waals surface area (Å²) in [6.07, 6.45) is -0.329. The predicted molar refractivity (Wildman–Crippen MR) is 119 cm³/mol. The van der Waals surface area contributed by atoms with E-state index in [0.717, 1.165) is 5.56 Å². The number of rotatable bonds is 10. The van der Waals surface area contributed by atoms with Crippen molar-refractivity contribution in [3.05, 3.63) is 71.3 Å². The van der Waals surface area contributed by atoms with Crippen LogP contribution in [0.3, 0.4) is 0 Å². The van der Waals surface area contributed by atoms with Gasteiger partial charge < -0.3 is 21.1 Å². The molecule has 0 aromatic heterocycles. The molecule has 8 heteroatoms. The van der Waals surface area contributed by atoms with Crippen LogP contribution < -0.4 is 16.4 Å². The standard InChI is InChI=1S/C24H28N4O4/c1-16(2)12-21(28-24(31)32-15-17-8-4-3-5-9-17)23(30)27-20(22(26)29)13-18-10-6-7-11-19(18)14-25/h3-11,16,20-21H,12-13,15H2,1-2H3,(H2,26,29)(H,27,30)(H,28,31)/t20-,21+/m1/s1. The maximum Gasteiger partial charge on any atom is 0.408 e. The van der Waals surface area contributed by atoms with Crippen molar-refractivity contribution in [2.75, 3.05) is 0 Å². The Morgan fingerprint density at radius 2 is 1.66 bits per heavy atom. The van der Waals surface area contributed by atoms with Gasteiger partial charge in [-0.2, -0.15) is 5.26 Å². The number of nitrogens with one attached hydrogen (secondary N) is 2. The number of nitriles is 1. The maximum atomic E-state index is 12.9. The minimum atomic E-state index is -1.03. The van der Waals surface area contributed by atoms with Gasteiger partial charge in [0.2, 0.25) is 11.8 Å². The van der Waals surface area contributed by atoms with Gasteiger partial charge in [-0.3, -0.25) is 9.59 Å². The Bertz CT molecular complexity index is 969. The fourth-order valence-corrected chi connectivity index (χ4v) is 3.13. The van der Waals surface area contributed by atoms with Crippen molar-refractivity contribution >= 4 is 17.9 Å². The summed E-state index contributed by atoms with van der Waals surface area (Å²) >= 11 is 0. The predicted octanol–water partition coefficient (Wildman–Crippen LogP) is 2.41. The van der Waals surface area contributed by atoms with E-state index in [0.29, 0.717) is 17.5 Å². The van der Waals surface area contributed by atoms with Crippen molar-refractivity contribution in [1.29, 1.82) is 5.26 Å². The van der Waals surface area contributed by atoms with Crippen LogP contribution in [-0.4, -0.2) is 30.0 Å². The summed E-state index contributed by atoms with van der Waals surface area (Å²) in [6.45, 7) is 3.88. The third-order valence-corrected chi connectivity index (χ3v) is 4.75. The molecule has 0 heterocycles. The third kappa shape index (κ3) is 7.76. The van der Waals surface area contributed by atoms with Crippen molar-refractivity contribution < 1.29 is 19.1 Å². The number of primary amides is 1. The highest BCUT2D eigenvalue weighted by Crippen LogP contribution is 2.12. The first kappa shape index (κ1) is 24.4. The lowest BCUT2D eigenvalue weighted by Gasteiger charge is -2.23. The lowest BCUT2D eigenvalue weighted by molar-refractivity contribution is -0.128. The molecule has 0 fully saturated rings. The molecular weight excluding hydrogens is 408 g/mol. The van der Waals surface area contributed by atoms with E-state index in [1.54, 1.807) is 24.3 Å². The highest BCUT2D eigenvalue weighted by atomic mass is 16.5. The molecule has 0 bridgehead atoms. The smallest absolute Gasteiger partial charge is 0.408 e. The lowest BCUT2D eigenvalue weighted by Crippen LogP contribution is -2.54. The van der Waals surface area contributed by atoms with Crippen LogP contribution in [0.2, 0.25) is 0 Å². The van der Waals surface area contributed by atoms with Gasteiger partial charge in [0, 0.05) is 6.42 Å². The van der Waals surface area contributed by atoms with E-state index in [9.17, 15) is 19.6 Å². The average Bonchev–Trinajstić information content (AvgIpc) is 2.77. The highest BCUT2D eigenvalue weighted by molar-refractivity contribution is 5.90. The Morgan fingerprint density at radius 1 is 1.00 bits per heavy atom. The van der Waals surface area contributed by atoms with Gasteiger partial charge in [0.15, 0.2) is 0 Å². The Morgan fingerprint density at radius 3 is 2.28 bits per heavy atom. The summed E-state index contributed by atoms with van der Waals surface area (Å²) < 4.78 is 5.21. The third-order valence-electron chi connectivity index (χ3n) is 4.75. The van der Waals surface area contributed by atoms with Gasteiger partial charge >= 0.3 is 6.09 Å². The molecule has 3 amide bonds. The number of carbonyl (C=O) groups is 3. The molecule has 4 N–H and O–H groups in total. The minimum absolute atomic E-state index is 0.0670. The second-order valence-electron chi connectivity index (χ2n) is 7.82. The first-order valence-electron chi connectivity index (χ1n) is 10.3. The number of hydrogen-bond acceptors (Lipinski definition) is 5. The summed E-state index contributed by atoms with van der Waals surface area (Å²) in [5.41, 5.74) is 7.30. The summed E-state index contributed by atoms with van der Waals surface area (Å²) in [7, 11) is 0. The second-order valence-corrected chi connectivity index (χ2v) is 7.82. The summed E-state index contributed by atoms with van der Waals surface area (Å²) in [5.74, 6) is -1.19. The molecule has 0 aliphatic heterocycles. The van der Waals surface area contributed by atoms with Crippen molar-refractivity contribution in [2.24, 2.45) is 11.7 Å². The van der Waals surface area contributed by atoms with Crippen LogP contribution in [0.15, 0.2) is 54.6 Å². The quantitative estimate of drug-likeness (QED) is 0.526. The van der Waals surface area contributed by atoms with Crippen LogP contribution in [0.4, 0.5) is 4.79 Å². The zero-order valence-electron chi connectivity index (χ0n) is 18.2. The van der Waals surface area contributed by atoms with Crippen LogP contribution in [-0.2, 0) is 27.4 Å². The first-order valence-corrected chi connectivity index (χ1v) is 10.3. The number of ether oxygens (including phenoxy) is 1. The zero-order valence-corrected chi connectivity index (χ0v) is 18.2. The van der Waals surface area contributed by atoms with Crippen molar-refractivity contribution in [2.45, 2.75) is 45.4 Å². The van der Waals surface area contributed by atoms with E-state index < -0.39 is 30.0 Å². The van der Waals surface area contributed by atoms with E-state index in [-0.39, 0.29) is 18.9 Å². The number of alkyl carbamates (subject to hydrolysis) is 1. The molecule has 168 valence electrons. The van der Waals surface area contributed by atoms with Gasteiger partial charge in [-0.1, -0.05) is 62.4 Å². The Hall–Kier alpha value is -3.86. The number of amides is 3. The van der Waals surface area contributed by atoms with E-state index >= 15 is 0 Å². The molecule has 0 unspecified atom stereocenters. The largest absolute Gasteiger partial charge is 0.445 e. The van der Waals surface area contributed by atoms with Crippen LogP contribution in [0, 0.1) is 17.2 Å². The molecule has 0 saturated heterocycles. The number of carbonyl (C=O) groups excluding carboxylic acids is 3. The molecule has 2 aromatic rings. The Balaban J connectivity index is 2.04. The van der Waals surface area contributed by atoms with Crippen LogP contribution in [0.5, 0.6) is 0 Å². The molecule has 0 aliphatic rings. The van der Waals surface area contributed by atoms with Crippen LogP contribution in [0.1, 0.15) is 37.0 Å². The fraction of sp³-hybridized carbons (Fsp3) is 0.333. The fourth-order valence-electron chi connectivity index (χ4n) is 3.13. The first-order chi connectivity index (χ1) is 15.3. The SMILES string of the molecule is CC(C)C[C@H](NC(=O)OCc1ccccc1)C(=O)N[C@H](Cc1ccccc1C#N)C(N)=O. The summed E-state index contributed by atoms with van der Waals surface area (Å²) in [4.78, 5) is 37.1. The van der Waals surface area contributed by atoms with E-state index in [2.05, 4.69) is 16.7 Å². The van der Waals surface area contributed by atoms with Crippen molar-refractivity contribution in [3.63, 3.8) is 0 Å². The number of hydrogen-bond donors (Lipinski definition) is 3. The lowest BCUT2D eigenvalue weighted by atomic mass is 9.99. The van der Waals surface area contributed by atoms with Crippen molar-refractivity contribution in [3.8, 4) is 6.07 Å². The molecule has 32 heavy (non-hydrogen) atoms. The van der Waals surface area contributed by atoms with Gasteiger partial charge in [0.25, 0.3) is 0 Å². The van der Waals surface area contributed by atoms with Gasteiger partial charge in [0.05, 0.1) is 11.6 Å². The average molecular weight is 437 g/mol. The second kappa shape index (κ2) is 12.1. The molecule has 0 aliphatic carbocycles. The molecular formula is C24H28N4O4. The highest BCUT2D eigenvalue weighted by Gasteiger charge is 2.27. The molecule has 0 spiro atoms.